The first-order valence-electron chi connectivity index (χ1n) is 13.6. The van der Waals surface area contributed by atoms with Gasteiger partial charge in [0.15, 0.2) is 12.4 Å². The Labute approximate surface area is 242 Å². The van der Waals surface area contributed by atoms with Gasteiger partial charge in [-0.25, -0.2) is 14.8 Å². The van der Waals surface area contributed by atoms with Gasteiger partial charge >= 0.3 is 5.97 Å². The molecule has 222 valence electrons. The van der Waals surface area contributed by atoms with E-state index in [1.54, 1.807) is 45.0 Å². The van der Waals surface area contributed by atoms with Gasteiger partial charge in [0.05, 0.1) is 31.1 Å². The number of benzene rings is 1. The molecule has 1 saturated heterocycles. The normalized spacial score (nSPS) is 15.4. The molecule has 3 heterocycles. The highest BCUT2D eigenvalue weighted by Gasteiger charge is 2.31. The zero-order valence-electron chi connectivity index (χ0n) is 24.0. The number of ketones is 1. The summed E-state index contributed by atoms with van der Waals surface area (Å²) >= 11 is 0. The van der Waals surface area contributed by atoms with E-state index in [4.69, 9.17) is 9.47 Å². The topological polar surface area (TPSA) is 181 Å². The fourth-order valence-corrected chi connectivity index (χ4v) is 5.03. The summed E-state index contributed by atoms with van der Waals surface area (Å²) in [6.07, 6.45) is 1.30. The third kappa shape index (κ3) is 7.09. The number of hydrogen-bond donors (Lipinski definition) is 4. The Kier molecular flexibility index (Phi) is 9.50. The van der Waals surface area contributed by atoms with Crippen molar-refractivity contribution >= 4 is 40.4 Å². The average molecular weight is 579 g/mol. The summed E-state index contributed by atoms with van der Waals surface area (Å²) in [5.74, 6) is -2.15. The lowest BCUT2D eigenvalue weighted by Crippen LogP contribution is -2.49. The van der Waals surface area contributed by atoms with Crippen molar-refractivity contribution in [3.63, 3.8) is 0 Å². The number of rotatable bonds is 11. The molecule has 2 atom stereocenters. The molecule has 13 heteroatoms. The Morgan fingerprint density at radius 2 is 1.86 bits per heavy atom. The standard InChI is InChI=1S/C29H34N6O7/c1-15-26(16(2)33-17(3)32-15)29(40)42-14-23(36)21(11-18-7-6-10-30-27(18)38)35-25(37)13-31-28(39)22-12-19-20(34-22)8-5-9-24(19)41-4/h5,8-9,12,18,21,34H,6-7,10-11,13-14H2,1-4H3,(H,30,38)(H,31,39)(H,35,37)/t18-,21-/m0/s1. The molecule has 13 nitrogen and oxygen atoms in total. The van der Waals surface area contributed by atoms with Crippen molar-refractivity contribution in [1.29, 1.82) is 0 Å². The molecule has 3 amide bonds. The summed E-state index contributed by atoms with van der Waals surface area (Å²) < 4.78 is 10.6. The molecule has 1 fully saturated rings. The van der Waals surface area contributed by atoms with Gasteiger partial charge in [0, 0.05) is 23.4 Å². The third-order valence-electron chi connectivity index (χ3n) is 7.07. The number of fused-ring (bicyclic) bond motifs is 1. The van der Waals surface area contributed by atoms with E-state index in [0.29, 0.717) is 46.8 Å². The predicted molar refractivity (Wildman–Crippen MR) is 151 cm³/mol. The number of hydrogen-bond acceptors (Lipinski definition) is 9. The second kappa shape index (κ2) is 13.2. The van der Waals surface area contributed by atoms with Crippen LogP contribution in [0.15, 0.2) is 24.3 Å². The van der Waals surface area contributed by atoms with Crippen molar-refractivity contribution in [2.75, 3.05) is 26.8 Å². The summed E-state index contributed by atoms with van der Waals surface area (Å²) in [6, 6.07) is 5.84. The number of nitrogens with zero attached hydrogens (tertiary/aromatic N) is 2. The van der Waals surface area contributed by atoms with Gasteiger partial charge in [-0.3, -0.25) is 19.2 Å². The van der Waals surface area contributed by atoms with E-state index in [-0.39, 0.29) is 23.6 Å². The van der Waals surface area contributed by atoms with Crippen LogP contribution in [0.1, 0.15) is 57.3 Å². The van der Waals surface area contributed by atoms with E-state index in [2.05, 4.69) is 30.9 Å². The fraction of sp³-hybridized carbons (Fsp3) is 0.414. The monoisotopic (exact) mass is 578 g/mol. The summed E-state index contributed by atoms with van der Waals surface area (Å²) in [6.45, 7) is 4.48. The molecule has 1 aliphatic heterocycles. The summed E-state index contributed by atoms with van der Waals surface area (Å²) in [7, 11) is 1.53. The maximum absolute atomic E-state index is 13.2. The molecular weight excluding hydrogens is 544 g/mol. The van der Waals surface area contributed by atoms with Gasteiger partial charge in [-0.05, 0) is 58.2 Å². The lowest BCUT2D eigenvalue weighted by Gasteiger charge is -2.26. The molecule has 1 aromatic carbocycles. The molecule has 0 saturated carbocycles. The van der Waals surface area contributed by atoms with E-state index in [0.717, 1.165) is 6.42 Å². The molecule has 3 aromatic rings. The van der Waals surface area contributed by atoms with Gasteiger partial charge < -0.3 is 30.4 Å². The fourth-order valence-electron chi connectivity index (χ4n) is 5.03. The minimum absolute atomic E-state index is 0.0232. The Morgan fingerprint density at radius 1 is 1.12 bits per heavy atom. The third-order valence-corrected chi connectivity index (χ3v) is 7.07. The van der Waals surface area contributed by atoms with Crippen LogP contribution in [0.4, 0.5) is 0 Å². The average Bonchev–Trinajstić information content (AvgIpc) is 3.39. The molecule has 42 heavy (non-hydrogen) atoms. The molecule has 4 N–H and O–H groups in total. The summed E-state index contributed by atoms with van der Waals surface area (Å²) in [5, 5.41) is 8.61. The molecule has 1 aliphatic rings. The van der Waals surface area contributed by atoms with Gasteiger partial charge in [-0.15, -0.1) is 0 Å². The van der Waals surface area contributed by atoms with Crippen molar-refractivity contribution < 1.29 is 33.4 Å². The lowest BCUT2D eigenvalue weighted by atomic mass is 9.90. The SMILES string of the molecule is COc1cccc2[nH]c(C(=O)NCC(=O)N[C@@H](C[C@@H]3CCCNC3=O)C(=O)COC(=O)c3c(C)nc(C)nc3C)cc12. The molecule has 2 aromatic heterocycles. The van der Waals surface area contributed by atoms with E-state index in [1.165, 1.54) is 7.11 Å². The smallest absolute Gasteiger partial charge is 0.342 e. The number of esters is 1. The van der Waals surface area contributed by atoms with Crippen molar-refractivity contribution in [3.05, 3.63) is 52.7 Å². The second-order valence-corrected chi connectivity index (χ2v) is 10.1. The number of nitrogens with one attached hydrogen (secondary N) is 4. The van der Waals surface area contributed by atoms with Gasteiger partial charge in [-0.2, -0.15) is 0 Å². The Hall–Kier alpha value is -4.81. The molecule has 0 unspecified atom stereocenters. The number of carbonyl (C=O) groups excluding carboxylic acids is 5. The first kappa shape index (κ1) is 30.2. The van der Waals surface area contributed by atoms with E-state index in [1.807, 2.05) is 0 Å². The van der Waals surface area contributed by atoms with Crippen molar-refractivity contribution in [1.82, 2.24) is 30.9 Å². The van der Waals surface area contributed by atoms with Gasteiger partial charge in [0.1, 0.15) is 22.8 Å². The summed E-state index contributed by atoms with van der Waals surface area (Å²) in [4.78, 5) is 75.2. The van der Waals surface area contributed by atoms with Crippen molar-refractivity contribution in [2.24, 2.45) is 5.92 Å². The number of Topliss-reactive ketones (excluding diaryl/α,β-unsaturated/α-hetero) is 1. The van der Waals surface area contributed by atoms with Gasteiger partial charge in [0.25, 0.3) is 5.91 Å². The maximum atomic E-state index is 13.2. The number of aryl methyl sites for hydroxylation is 3. The number of ether oxygens (including phenoxy) is 2. The number of piperidine rings is 1. The van der Waals surface area contributed by atoms with E-state index >= 15 is 0 Å². The Bertz CT molecular complexity index is 1510. The minimum Gasteiger partial charge on any atom is -0.496 e. The van der Waals surface area contributed by atoms with Crippen LogP contribution in [-0.4, -0.2) is 77.3 Å². The van der Waals surface area contributed by atoms with Gasteiger partial charge in [-0.1, -0.05) is 6.07 Å². The summed E-state index contributed by atoms with van der Waals surface area (Å²) in [5.41, 5.74) is 1.93. The molecule has 0 bridgehead atoms. The molecule has 0 radical (unpaired) electrons. The number of carbonyl (C=O) groups is 5. The number of amides is 3. The van der Waals surface area contributed by atoms with Crippen LogP contribution >= 0.6 is 0 Å². The first-order chi connectivity index (χ1) is 20.1. The number of H-pyrrole nitrogens is 1. The highest BCUT2D eigenvalue weighted by molar-refractivity contribution is 6.01. The van der Waals surface area contributed by atoms with Crippen molar-refractivity contribution in [3.8, 4) is 5.75 Å². The van der Waals surface area contributed by atoms with Crippen LogP contribution < -0.4 is 20.7 Å². The van der Waals surface area contributed by atoms with Crippen LogP contribution in [0.3, 0.4) is 0 Å². The highest BCUT2D eigenvalue weighted by atomic mass is 16.5. The Balaban J connectivity index is 1.40. The molecule has 4 rings (SSSR count). The zero-order chi connectivity index (χ0) is 30.4. The van der Waals surface area contributed by atoms with Crippen LogP contribution in [0.2, 0.25) is 0 Å². The van der Waals surface area contributed by atoms with E-state index in [9.17, 15) is 24.0 Å². The largest absolute Gasteiger partial charge is 0.496 e. The lowest BCUT2D eigenvalue weighted by molar-refractivity contribution is -0.132. The molecular formula is C29H34N6O7. The van der Waals surface area contributed by atoms with Crippen LogP contribution in [0.5, 0.6) is 5.75 Å². The van der Waals surface area contributed by atoms with Crippen LogP contribution in [-0.2, 0) is 19.1 Å². The highest BCUT2D eigenvalue weighted by Crippen LogP contribution is 2.26. The van der Waals surface area contributed by atoms with Crippen LogP contribution in [0.25, 0.3) is 10.9 Å². The number of aromatic amines is 1. The maximum Gasteiger partial charge on any atom is 0.342 e. The second-order valence-electron chi connectivity index (χ2n) is 10.1. The number of methoxy groups -OCH3 is 1. The number of aromatic nitrogens is 3. The zero-order valence-corrected chi connectivity index (χ0v) is 24.0. The Morgan fingerprint density at radius 3 is 2.55 bits per heavy atom. The van der Waals surface area contributed by atoms with Crippen LogP contribution in [0, 0.1) is 26.7 Å². The molecule has 0 spiro atoms. The quantitative estimate of drug-likeness (QED) is 0.245. The first-order valence-corrected chi connectivity index (χ1v) is 13.6. The van der Waals surface area contributed by atoms with E-state index < -0.39 is 48.7 Å². The predicted octanol–water partition coefficient (Wildman–Crippen LogP) is 1.45. The minimum atomic E-state index is -1.12. The van der Waals surface area contributed by atoms with Gasteiger partial charge in [0.2, 0.25) is 11.8 Å². The van der Waals surface area contributed by atoms with Crippen molar-refractivity contribution in [2.45, 2.75) is 46.1 Å². The molecule has 0 aliphatic carbocycles.